The maximum atomic E-state index is 11.5. The third-order valence-electron chi connectivity index (χ3n) is 3.42. The van der Waals surface area contributed by atoms with Gasteiger partial charge in [0.05, 0.1) is 6.61 Å². The normalized spacial score (nSPS) is 13.2. The Morgan fingerprint density at radius 2 is 1.84 bits per heavy atom. The Bertz CT molecular complexity index is 429. The largest absolute Gasteiger partial charge is 0.463 e. The summed E-state index contributed by atoms with van der Waals surface area (Å²) in [6.45, 7) is 8.70. The van der Waals surface area contributed by atoms with Crippen molar-refractivity contribution >= 4 is 11.5 Å². The van der Waals surface area contributed by atoms with Gasteiger partial charge < -0.3 is 4.74 Å². The molecule has 0 aliphatic heterocycles. The van der Waals surface area contributed by atoms with Crippen LogP contribution in [0.5, 0.6) is 0 Å². The number of carbonyl (C=O) groups excluding carboxylic acids is 1. The summed E-state index contributed by atoms with van der Waals surface area (Å²) >= 11 is 0. The zero-order chi connectivity index (χ0) is 14.3. The highest BCUT2D eigenvalue weighted by molar-refractivity contribution is 5.91. The van der Waals surface area contributed by atoms with Crippen LogP contribution < -0.4 is 0 Å². The van der Waals surface area contributed by atoms with Crippen molar-refractivity contribution in [2.75, 3.05) is 6.61 Å². The Balaban J connectivity index is 2.91. The van der Waals surface area contributed by atoms with Gasteiger partial charge in [-0.25, -0.2) is 4.79 Å². The standard InChI is InChI=1S/C17H24O2/c1-5-13(4)15-8-10-16(11-9-15)14(6-2)12-17(18)19-7-3/h8-13H,5-7H2,1-4H3. The van der Waals surface area contributed by atoms with Gasteiger partial charge >= 0.3 is 5.97 Å². The molecule has 2 heteroatoms. The van der Waals surface area contributed by atoms with Gasteiger partial charge in [-0.3, -0.25) is 0 Å². The van der Waals surface area contributed by atoms with Gasteiger partial charge in [0.1, 0.15) is 0 Å². The summed E-state index contributed by atoms with van der Waals surface area (Å²) in [6.07, 6.45) is 3.56. The van der Waals surface area contributed by atoms with Gasteiger partial charge in [-0.15, -0.1) is 0 Å². The molecule has 0 aliphatic rings. The molecule has 1 aromatic carbocycles. The highest BCUT2D eigenvalue weighted by Crippen LogP contribution is 2.23. The van der Waals surface area contributed by atoms with Crippen molar-refractivity contribution in [2.45, 2.75) is 46.5 Å². The molecule has 19 heavy (non-hydrogen) atoms. The highest BCUT2D eigenvalue weighted by Gasteiger charge is 2.06. The monoisotopic (exact) mass is 260 g/mol. The molecular weight excluding hydrogens is 236 g/mol. The van der Waals surface area contributed by atoms with E-state index in [1.807, 2.05) is 13.8 Å². The summed E-state index contributed by atoms with van der Waals surface area (Å²) in [5.41, 5.74) is 3.47. The van der Waals surface area contributed by atoms with Crippen molar-refractivity contribution in [3.8, 4) is 0 Å². The summed E-state index contributed by atoms with van der Waals surface area (Å²) in [5.74, 6) is 0.318. The van der Waals surface area contributed by atoms with E-state index in [0.717, 1.165) is 24.0 Å². The minimum Gasteiger partial charge on any atom is -0.463 e. The van der Waals surface area contributed by atoms with E-state index in [4.69, 9.17) is 4.74 Å². The van der Waals surface area contributed by atoms with Gasteiger partial charge in [-0.2, -0.15) is 0 Å². The van der Waals surface area contributed by atoms with Crippen LogP contribution >= 0.6 is 0 Å². The molecule has 0 aliphatic carbocycles. The van der Waals surface area contributed by atoms with E-state index in [-0.39, 0.29) is 5.97 Å². The van der Waals surface area contributed by atoms with E-state index in [1.165, 1.54) is 5.56 Å². The minimum absolute atomic E-state index is 0.259. The molecule has 0 N–H and O–H groups in total. The molecule has 0 saturated heterocycles. The summed E-state index contributed by atoms with van der Waals surface area (Å²) in [5, 5.41) is 0. The molecule has 1 atom stereocenters. The summed E-state index contributed by atoms with van der Waals surface area (Å²) in [4.78, 5) is 11.5. The van der Waals surface area contributed by atoms with Crippen molar-refractivity contribution in [2.24, 2.45) is 0 Å². The number of esters is 1. The van der Waals surface area contributed by atoms with Crippen LogP contribution in [-0.2, 0) is 9.53 Å². The number of allylic oxidation sites excluding steroid dienone is 1. The van der Waals surface area contributed by atoms with E-state index in [1.54, 1.807) is 6.08 Å². The quantitative estimate of drug-likeness (QED) is 0.554. The molecule has 0 bridgehead atoms. The smallest absolute Gasteiger partial charge is 0.331 e. The van der Waals surface area contributed by atoms with Crippen LogP contribution in [0.2, 0.25) is 0 Å². The van der Waals surface area contributed by atoms with E-state index in [9.17, 15) is 4.79 Å². The number of rotatable bonds is 6. The number of benzene rings is 1. The van der Waals surface area contributed by atoms with Crippen LogP contribution in [0.4, 0.5) is 0 Å². The van der Waals surface area contributed by atoms with Crippen LogP contribution in [0.1, 0.15) is 57.6 Å². The highest BCUT2D eigenvalue weighted by atomic mass is 16.5. The molecule has 104 valence electrons. The third-order valence-corrected chi connectivity index (χ3v) is 3.42. The molecule has 2 nitrogen and oxygen atoms in total. The van der Waals surface area contributed by atoms with Gasteiger partial charge in [0.15, 0.2) is 0 Å². The fourth-order valence-corrected chi connectivity index (χ4v) is 1.98. The molecule has 1 aromatic rings. The number of carbonyl (C=O) groups is 1. The lowest BCUT2D eigenvalue weighted by Crippen LogP contribution is -2.01. The number of hydrogen-bond acceptors (Lipinski definition) is 2. The molecule has 0 saturated carbocycles. The lowest BCUT2D eigenvalue weighted by Gasteiger charge is -2.11. The average Bonchev–Trinajstić information content (AvgIpc) is 2.44. The maximum absolute atomic E-state index is 11.5. The molecule has 1 rings (SSSR count). The number of ether oxygens (including phenoxy) is 1. The molecular formula is C17H24O2. The third kappa shape index (κ3) is 4.55. The van der Waals surface area contributed by atoms with Crippen molar-refractivity contribution < 1.29 is 9.53 Å². The van der Waals surface area contributed by atoms with Crippen molar-refractivity contribution in [1.29, 1.82) is 0 Å². The first kappa shape index (κ1) is 15.5. The molecule has 0 aromatic heterocycles. The molecule has 0 fully saturated rings. The lowest BCUT2D eigenvalue weighted by molar-refractivity contribution is -0.137. The topological polar surface area (TPSA) is 26.3 Å². The lowest BCUT2D eigenvalue weighted by atomic mass is 9.95. The second kappa shape index (κ2) is 7.78. The Labute approximate surface area is 116 Å². The van der Waals surface area contributed by atoms with E-state index < -0.39 is 0 Å². The van der Waals surface area contributed by atoms with Crippen molar-refractivity contribution in [1.82, 2.24) is 0 Å². The van der Waals surface area contributed by atoms with Gasteiger partial charge in [-0.1, -0.05) is 45.0 Å². The Hall–Kier alpha value is -1.57. The van der Waals surface area contributed by atoms with Crippen LogP contribution in [-0.4, -0.2) is 12.6 Å². The zero-order valence-electron chi connectivity index (χ0n) is 12.4. The second-order valence-corrected chi connectivity index (χ2v) is 4.71. The fraction of sp³-hybridized carbons (Fsp3) is 0.471. The van der Waals surface area contributed by atoms with Gasteiger partial charge in [-0.05, 0) is 42.4 Å². The Morgan fingerprint density at radius 3 is 2.32 bits per heavy atom. The zero-order valence-corrected chi connectivity index (χ0v) is 12.4. The van der Waals surface area contributed by atoms with E-state index in [2.05, 4.69) is 38.1 Å². The van der Waals surface area contributed by atoms with Crippen molar-refractivity contribution in [3.05, 3.63) is 41.5 Å². The molecule has 0 amide bonds. The first-order chi connectivity index (χ1) is 9.12. The van der Waals surface area contributed by atoms with Gasteiger partial charge in [0, 0.05) is 6.08 Å². The maximum Gasteiger partial charge on any atom is 0.331 e. The van der Waals surface area contributed by atoms with E-state index >= 15 is 0 Å². The molecule has 1 unspecified atom stereocenters. The first-order valence-corrected chi connectivity index (χ1v) is 7.09. The predicted molar refractivity (Wildman–Crippen MR) is 80.0 cm³/mol. The predicted octanol–water partition coefficient (Wildman–Crippen LogP) is 4.56. The number of hydrogen-bond donors (Lipinski definition) is 0. The van der Waals surface area contributed by atoms with Crippen molar-refractivity contribution in [3.63, 3.8) is 0 Å². The van der Waals surface area contributed by atoms with Crippen LogP contribution in [0.15, 0.2) is 30.3 Å². The fourth-order valence-electron chi connectivity index (χ4n) is 1.98. The summed E-state index contributed by atoms with van der Waals surface area (Å²) < 4.78 is 4.96. The first-order valence-electron chi connectivity index (χ1n) is 7.09. The summed E-state index contributed by atoms with van der Waals surface area (Å²) in [6, 6.07) is 8.49. The molecule has 0 spiro atoms. The average molecular weight is 260 g/mol. The van der Waals surface area contributed by atoms with Crippen LogP contribution in [0, 0.1) is 0 Å². The SMILES string of the molecule is CCOC(=O)C=C(CC)c1ccc(C(C)CC)cc1. The second-order valence-electron chi connectivity index (χ2n) is 4.71. The Kier molecular flexibility index (Phi) is 6.34. The van der Waals surface area contributed by atoms with Gasteiger partial charge in [0.2, 0.25) is 0 Å². The van der Waals surface area contributed by atoms with Crippen LogP contribution in [0.25, 0.3) is 5.57 Å². The molecule has 0 heterocycles. The minimum atomic E-state index is -0.259. The Morgan fingerprint density at radius 1 is 1.21 bits per heavy atom. The molecule has 0 radical (unpaired) electrons. The van der Waals surface area contributed by atoms with Crippen LogP contribution in [0.3, 0.4) is 0 Å². The summed E-state index contributed by atoms with van der Waals surface area (Å²) in [7, 11) is 0. The van der Waals surface area contributed by atoms with Gasteiger partial charge in [0.25, 0.3) is 0 Å². The van der Waals surface area contributed by atoms with E-state index in [0.29, 0.717) is 12.5 Å².